The first-order chi connectivity index (χ1) is 15.6. The number of H-pyrrole nitrogens is 1. The highest BCUT2D eigenvalue weighted by Crippen LogP contribution is 2.27. The van der Waals surface area contributed by atoms with Crippen molar-refractivity contribution in [2.45, 2.75) is 13.5 Å². The van der Waals surface area contributed by atoms with E-state index in [0.29, 0.717) is 5.88 Å². The lowest BCUT2D eigenvalue weighted by atomic mass is 10.1. The second-order valence-electron chi connectivity index (χ2n) is 8.08. The van der Waals surface area contributed by atoms with Crippen molar-refractivity contribution in [2.24, 2.45) is 0 Å². The van der Waals surface area contributed by atoms with Crippen molar-refractivity contribution in [3.05, 3.63) is 72.6 Å². The van der Waals surface area contributed by atoms with Gasteiger partial charge in [-0.25, -0.2) is 4.98 Å². The summed E-state index contributed by atoms with van der Waals surface area (Å²) in [4.78, 5) is 20.2. The molecule has 1 saturated heterocycles. The minimum absolute atomic E-state index is 0.164. The van der Waals surface area contributed by atoms with Crippen LogP contribution in [-0.2, 0) is 11.3 Å². The molecule has 1 aliphatic rings. The fraction of sp³-hybridized carbons (Fsp3) is 0.240. The number of aromatic amines is 1. The number of fused-ring (bicyclic) bond motifs is 1. The molecular formula is C25H25N5O2. The van der Waals surface area contributed by atoms with E-state index < -0.39 is 0 Å². The zero-order chi connectivity index (χ0) is 21.9. The average molecular weight is 428 g/mol. The van der Waals surface area contributed by atoms with Crippen LogP contribution in [-0.4, -0.2) is 57.1 Å². The van der Waals surface area contributed by atoms with Crippen molar-refractivity contribution < 1.29 is 9.53 Å². The fourth-order valence-electron chi connectivity index (χ4n) is 4.05. The van der Waals surface area contributed by atoms with Crippen molar-refractivity contribution >= 4 is 16.7 Å². The first-order valence-corrected chi connectivity index (χ1v) is 10.8. The number of ether oxygens (including phenoxy) is 1. The average Bonchev–Trinajstić information content (AvgIpc) is 3.35. The fourth-order valence-corrected chi connectivity index (χ4v) is 4.05. The molecule has 1 N–H and O–H groups in total. The van der Waals surface area contributed by atoms with Crippen molar-refractivity contribution in [1.82, 2.24) is 25.0 Å². The van der Waals surface area contributed by atoms with E-state index in [4.69, 9.17) is 4.74 Å². The Morgan fingerprint density at radius 3 is 2.53 bits per heavy atom. The van der Waals surface area contributed by atoms with E-state index in [0.717, 1.165) is 55.1 Å². The molecule has 0 spiro atoms. The van der Waals surface area contributed by atoms with Gasteiger partial charge in [-0.15, -0.1) is 0 Å². The van der Waals surface area contributed by atoms with Gasteiger partial charge in [-0.1, -0.05) is 18.2 Å². The van der Waals surface area contributed by atoms with Gasteiger partial charge in [0.1, 0.15) is 5.75 Å². The molecule has 7 heteroatoms. The van der Waals surface area contributed by atoms with E-state index in [1.54, 1.807) is 19.3 Å². The lowest BCUT2D eigenvalue weighted by Gasteiger charge is -2.34. The third-order valence-electron chi connectivity index (χ3n) is 5.87. The topological polar surface area (TPSA) is 74.3 Å². The van der Waals surface area contributed by atoms with E-state index in [-0.39, 0.29) is 5.91 Å². The van der Waals surface area contributed by atoms with Crippen LogP contribution in [0.3, 0.4) is 0 Å². The molecule has 0 atom stereocenters. The van der Waals surface area contributed by atoms with E-state index in [1.807, 2.05) is 35.2 Å². The van der Waals surface area contributed by atoms with E-state index in [2.05, 4.69) is 44.3 Å². The number of aromatic nitrogens is 3. The first kappa shape index (κ1) is 20.2. The highest BCUT2D eigenvalue weighted by Gasteiger charge is 2.18. The molecular weight excluding hydrogens is 402 g/mol. The smallest absolute Gasteiger partial charge is 0.219 e. The summed E-state index contributed by atoms with van der Waals surface area (Å²) >= 11 is 0. The summed E-state index contributed by atoms with van der Waals surface area (Å²) < 4.78 is 5.96. The van der Waals surface area contributed by atoms with Gasteiger partial charge in [0.15, 0.2) is 0 Å². The van der Waals surface area contributed by atoms with Crippen molar-refractivity contribution in [2.75, 3.05) is 26.2 Å². The molecule has 1 amide bonds. The summed E-state index contributed by atoms with van der Waals surface area (Å²) in [6.45, 7) is 5.98. The van der Waals surface area contributed by atoms with Crippen LogP contribution in [0.25, 0.3) is 22.0 Å². The standard InChI is InChI=1S/C25H25N5O2/c1-18(31)30-12-10-29(11-13-30)17-19-2-3-21-15-23(6-4-20(21)14-19)32-25-7-5-22(16-26-25)24-8-9-27-28-24/h2-9,14-16H,10-13,17H2,1H3,(H,27,28). The molecule has 0 unspecified atom stereocenters. The summed E-state index contributed by atoms with van der Waals surface area (Å²) in [6.07, 6.45) is 3.49. The number of rotatable bonds is 5. The molecule has 4 aromatic rings. The van der Waals surface area contributed by atoms with Gasteiger partial charge in [-0.2, -0.15) is 5.10 Å². The Labute approximate surface area is 186 Å². The monoisotopic (exact) mass is 427 g/mol. The number of hydrogen-bond acceptors (Lipinski definition) is 5. The van der Waals surface area contributed by atoms with Gasteiger partial charge in [-0.3, -0.25) is 14.8 Å². The molecule has 32 heavy (non-hydrogen) atoms. The Balaban J connectivity index is 1.24. The first-order valence-electron chi connectivity index (χ1n) is 10.8. The lowest BCUT2D eigenvalue weighted by Crippen LogP contribution is -2.47. The maximum Gasteiger partial charge on any atom is 0.219 e. The number of carbonyl (C=O) groups excluding carboxylic acids is 1. The molecule has 7 nitrogen and oxygen atoms in total. The number of amides is 1. The Morgan fingerprint density at radius 1 is 1.00 bits per heavy atom. The second kappa shape index (κ2) is 8.80. The molecule has 2 aromatic heterocycles. The van der Waals surface area contributed by atoms with Crippen LogP contribution in [0.15, 0.2) is 67.0 Å². The summed E-state index contributed by atoms with van der Waals surface area (Å²) in [5, 5.41) is 9.20. The summed E-state index contributed by atoms with van der Waals surface area (Å²) in [5.74, 6) is 1.47. The Hall–Kier alpha value is -3.71. The zero-order valence-electron chi connectivity index (χ0n) is 18.0. The molecule has 0 bridgehead atoms. The van der Waals surface area contributed by atoms with Crippen LogP contribution >= 0.6 is 0 Å². The second-order valence-corrected chi connectivity index (χ2v) is 8.08. The molecule has 0 aliphatic carbocycles. The SMILES string of the molecule is CC(=O)N1CCN(Cc2ccc3cc(Oc4ccc(-c5ccn[nH]5)cn4)ccc3c2)CC1. The van der Waals surface area contributed by atoms with Crippen LogP contribution in [0.4, 0.5) is 0 Å². The van der Waals surface area contributed by atoms with Crippen molar-refractivity contribution in [3.8, 4) is 22.9 Å². The van der Waals surface area contributed by atoms with E-state index in [1.165, 1.54) is 10.9 Å². The molecule has 2 aromatic carbocycles. The van der Waals surface area contributed by atoms with Crippen LogP contribution in [0.5, 0.6) is 11.6 Å². The summed E-state index contributed by atoms with van der Waals surface area (Å²) in [6, 6.07) is 18.3. The maximum absolute atomic E-state index is 11.5. The summed E-state index contributed by atoms with van der Waals surface area (Å²) in [5.41, 5.74) is 3.16. The minimum Gasteiger partial charge on any atom is -0.439 e. The van der Waals surface area contributed by atoms with E-state index in [9.17, 15) is 4.79 Å². The van der Waals surface area contributed by atoms with Crippen LogP contribution in [0, 0.1) is 0 Å². The molecule has 5 rings (SSSR count). The van der Waals surface area contributed by atoms with Gasteiger partial charge >= 0.3 is 0 Å². The highest BCUT2D eigenvalue weighted by atomic mass is 16.5. The van der Waals surface area contributed by atoms with Crippen LogP contribution < -0.4 is 4.74 Å². The van der Waals surface area contributed by atoms with Gasteiger partial charge < -0.3 is 9.64 Å². The number of carbonyl (C=O) groups is 1. The maximum atomic E-state index is 11.5. The third-order valence-corrected chi connectivity index (χ3v) is 5.87. The molecule has 162 valence electrons. The lowest BCUT2D eigenvalue weighted by molar-refractivity contribution is -0.130. The van der Waals surface area contributed by atoms with Gasteiger partial charge in [0, 0.05) is 63.7 Å². The predicted octanol–water partition coefficient (Wildman–Crippen LogP) is 4.08. The molecule has 0 saturated carbocycles. The van der Waals surface area contributed by atoms with Crippen LogP contribution in [0.1, 0.15) is 12.5 Å². The number of hydrogen-bond donors (Lipinski definition) is 1. The van der Waals surface area contributed by atoms with Crippen molar-refractivity contribution in [1.29, 1.82) is 0 Å². The highest BCUT2D eigenvalue weighted by molar-refractivity contribution is 5.84. The predicted molar refractivity (Wildman–Crippen MR) is 123 cm³/mol. The molecule has 3 heterocycles. The number of nitrogens with one attached hydrogen (secondary N) is 1. The zero-order valence-corrected chi connectivity index (χ0v) is 18.0. The molecule has 1 aliphatic heterocycles. The number of pyridine rings is 1. The molecule has 1 fully saturated rings. The molecule has 0 radical (unpaired) electrons. The van der Waals surface area contributed by atoms with Crippen molar-refractivity contribution in [3.63, 3.8) is 0 Å². The minimum atomic E-state index is 0.164. The van der Waals surface area contributed by atoms with Gasteiger partial charge in [0.05, 0.1) is 5.69 Å². The van der Waals surface area contributed by atoms with Gasteiger partial charge in [0.25, 0.3) is 0 Å². The number of benzene rings is 2. The Kier molecular flexibility index (Phi) is 5.56. The van der Waals surface area contributed by atoms with Gasteiger partial charge in [0.2, 0.25) is 11.8 Å². The number of nitrogens with zero attached hydrogens (tertiary/aromatic N) is 4. The number of piperazine rings is 1. The quantitative estimate of drug-likeness (QED) is 0.519. The summed E-state index contributed by atoms with van der Waals surface area (Å²) in [7, 11) is 0. The normalized spacial score (nSPS) is 14.6. The van der Waals surface area contributed by atoms with Crippen LogP contribution in [0.2, 0.25) is 0 Å². The largest absolute Gasteiger partial charge is 0.439 e. The Bertz CT molecular complexity index is 1210. The van der Waals surface area contributed by atoms with E-state index >= 15 is 0 Å². The Morgan fingerprint density at radius 2 is 1.81 bits per heavy atom. The third kappa shape index (κ3) is 4.48. The van der Waals surface area contributed by atoms with Gasteiger partial charge in [-0.05, 0) is 46.7 Å².